The normalized spacial score (nSPS) is 14.4. The number of fused-ring (bicyclic) bond motifs is 1. The first-order valence-corrected chi connectivity index (χ1v) is 11.2. The highest BCUT2D eigenvalue weighted by Gasteiger charge is 2.22. The third kappa shape index (κ3) is 5.28. The van der Waals surface area contributed by atoms with E-state index in [0.29, 0.717) is 50.2 Å². The van der Waals surface area contributed by atoms with Crippen LogP contribution in [0.4, 0.5) is 5.69 Å². The van der Waals surface area contributed by atoms with Gasteiger partial charge in [-0.15, -0.1) is 0 Å². The molecule has 2 aromatic carbocycles. The molecule has 1 aliphatic rings. The maximum atomic E-state index is 12.7. The van der Waals surface area contributed by atoms with Crippen molar-refractivity contribution in [3.8, 4) is 0 Å². The van der Waals surface area contributed by atoms with Gasteiger partial charge in [0.1, 0.15) is 0 Å². The number of benzene rings is 2. The van der Waals surface area contributed by atoms with Gasteiger partial charge in [-0.1, -0.05) is 24.3 Å². The summed E-state index contributed by atoms with van der Waals surface area (Å²) in [5.74, 6) is -0.0406. The largest absolute Gasteiger partial charge is 0.340 e. The first kappa shape index (κ1) is 22.7. The number of amides is 2. The average Bonchev–Trinajstić information content (AvgIpc) is 2.82. The zero-order valence-electron chi connectivity index (χ0n) is 19.1. The Hall–Kier alpha value is -3.52. The van der Waals surface area contributed by atoms with Crippen LogP contribution < -0.4 is 10.9 Å². The first-order valence-electron chi connectivity index (χ1n) is 11.2. The van der Waals surface area contributed by atoms with Crippen LogP contribution in [-0.2, 0) is 16.1 Å². The molecule has 0 atom stereocenters. The van der Waals surface area contributed by atoms with E-state index in [-0.39, 0.29) is 23.8 Å². The fourth-order valence-corrected chi connectivity index (χ4v) is 4.07. The first-order chi connectivity index (χ1) is 15.9. The lowest BCUT2D eigenvalue weighted by Gasteiger charge is -2.34. The summed E-state index contributed by atoms with van der Waals surface area (Å²) in [4.78, 5) is 45.9. The van der Waals surface area contributed by atoms with Gasteiger partial charge in [-0.05, 0) is 43.2 Å². The molecule has 1 saturated heterocycles. The van der Waals surface area contributed by atoms with Gasteiger partial charge in [0.25, 0.3) is 5.56 Å². The van der Waals surface area contributed by atoms with Crippen molar-refractivity contribution >= 4 is 28.4 Å². The highest BCUT2D eigenvalue weighted by atomic mass is 16.2. The molecule has 0 saturated carbocycles. The highest BCUT2D eigenvalue weighted by molar-refractivity contribution is 5.93. The maximum absolute atomic E-state index is 12.7. The van der Waals surface area contributed by atoms with Crippen molar-refractivity contribution in [2.24, 2.45) is 0 Å². The second-order valence-corrected chi connectivity index (χ2v) is 8.46. The van der Waals surface area contributed by atoms with Crippen molar-refractivity contribution in [3.05, 3.63) is 70.3 Å². The average molecular weight is 448 g/mol. The predicted octanol–water partition coefficient (Wildman–Crippen LogP) is 2.19. The Kier molecular flexibility index (Phi) is 6.84. The Morgan fingerprint density at radius 3 is 2.55 bits per heavy atom. The smallest absolute Gasteiger partial charge is 0.261 e. The Labute approximate surface area is 192 Å². The van der Waals surface area contributed by atoms with E-state index >= 15 is 0 Å². The lowest BCUT2D eigenvalue weighted by atomic mass is 10.1. The zero-order valence-corrected chi connectivity index (χ0v) is 19.1. The van der Waals surface area contributed by atoms with E-state index in [1.54, 1.807) is 17.0 Å². The molecule has 2 amide bonds. The second-order valence-electron chi connectivity index (χ2n) is 8.46. The molecule has 0 bridgehead atoms. The third-order valence-electron chi connectivity index (χ3n) is 6.27. The lowest BCUT2D eigenvalue weighted by Crippen LogP contribution is -2.50. The van der Waals surface area contributed by atoms with Gasteiger partial charge in [0.2, 0.25) is 11.8 Å². The zero-order chi connectivity index (χ0) is 23.4. The number of carbonyl (C=O) groups excluding carboxylic acids is 2. The Morgan fingerprint density at radius 2 is 1.76 bits per heavy atom. The number of para-hydroxylation sites is 1. The van der Waals surface area contributed by atoms with E-state index in [0.717, 1.165) is 16.8 Å². The number of anilines is 1. The van der Waals surface area contributed by atoms with Crippen LogP contribution >= 0.6 is 0 Å². The Balaban J connectivity index is 1.25. The molecule has 0 radical (unpaired) electrons. The number of rotatable bonds is 6. The topological polar surface area (TPSA) is 87.5 Å². The third-order valence-corrected chi connectivity index (χ3v) is 6.27. The predicted molar refractivity (Wildman–Crippen MR) is 128 cm³/mol. The van der Waals surface area contributed by atoms with Crippen LogP contribution in [0.3, 0.4) is 0 Å². The highest BCUT2D eigenvalue weighted by Crippen LogP contribution is 2.18. The summed E-state index contributed by atoms with van der Waals surface area (Å²) in [6.45, 7) is 7.04. The minimum atomic E-state index is -0.131. The van der Waals surface area contributed by atoms with Crippen molar-refractivity contribution in [1.29, 1.82) is 0 Å². The SMILES string of the molecule is Cc1cccc(NC(=O)CN2CCN(C(=O)CCn3cnc4ccccc4c3=O)CC2)c1C. The molecule has 8 nitrogen and oxygen atoms in total. The van der Waals surface area contributed by atoms with Crippen molar-refractivity contribution in [2.75, 3.05) is 38.0 Å². The molecule has 3 aromatic rings. The number of carbonyl (C=O) groups is 2. The summed E-state index contributed by atoms with van der Waals surface area (Å²) in [7, 11) is 0. The van der Waals surface area contributed by atoms with E-state index in [1.807, 2.05) is 44.2 Å². The monoisotopic (exact) mass is 447 g/mol. The van der Waals surface area contributed by atoms with Crippen molar-refractivity contribution in [3.63, 3.8) is 0 Å². The molecular weight excluding hydrogens is 418 g/mol. The molecule has 0 spiro atoms. The molecule has 0 unspecified atom stereocenters. The van der Waals surface area contributed by atoms with Crippen LogP contribution in [0.15, 0.2) is 53.6 Å². The van der Waals surface area contributed by atoms with Crippen LogP contribution in [-0.4, -0.2) is 63.9 Å². The van der Waals surface area contributed by atoms with Gasteiger partial charge in [0, 0.05) is 44.8 Å². The van der Waals surface area contributed by atoms with Crippen LogP contribution in [0.5, 0.6) is 0 Å². The van der Waals surface area contributed by atoms with E-state index < -0.39 is 0 Å². The molecule has 172 valence electrons. The summed E-state index contributed by atoms with van der Waals surface area (Å²) in [6, 6.07) is 13.1. The van der Waals surface area contributed by atoms with Crippen LogP contribution in [0.1, 0.15) is 17.5 Å². The number of nitrogens with one attached hydrogen (secondary N) is 1. The van der Waals surface area contributed by atoms with E-state index in [2.05, 4.69) is 15.2 Å². The summed E-state index contributed by atoms with van der Waals surface area (Å²) < 4.78 is 1.49. The van der Waals surface area contributed by atoms with Gasteiger partial charge in [0.15, 0.2) is 0 Å². The van der Waals surface area contributed by atoms with Gasteiger partial charge in [-0.25, -0.2) is 4.98 Å². The number of nitrogens with zero attached hydrogens (tertiary/aromatic N) is 4. The van der Waals surface area contributed by atoms with Crippen LogP contribution in [0, 0.1) is 13.8 Å². The molecule has 1 aliphatic heterocycles. The lowest BCUT2D eigenvalue weighted by molar-refractivity contribution is -0.133. The maximum Gasteiger partial charge on any atom is 0.261 e. The number of aromatic nitrogens is 2. The number of hydrogen-bond acceptors (Lipinski definition) is 5. The summed E-state index contributed by atoms with van der Waals surface area (Å²) in [6.07, 6.45) is 1.75. The van der Waals surface area contributed by atoms with Crippen LogP contribution in [0.25, 0.3) is 10.9 Å². The van der Waals surface area contributed by atoms with Gasteiger partial charge in [0.05, 0.1) is 23.8 Å². The molecule has 1 aromatic heterocycles. The fraction of sp³-hybridized carbons (Fsp3) is 0.360. The number of hydrogen-bond donors (Lipinski definition) is 1. The molecule has 1 N–H and O–H groups in total. The van der Waals surface area contributed by atoms with E-state index in [9.17, 15) is 14.4 Å². The van der Waals surface area contributed by atoms with Crippen molar-refractivity contribution in [2.45, 2.75) is 26.8 Å². The van der Waals surface area contributed by atoms with Gasteiger partial charge in [-0.2, -0.15) is 0 Å². The number of aryl methyl sites for hydroxylation is 2. The molecule has 0 aliphatic carbocycles. The standard InChI is InChI=1S/C25H29N5O3/c1-18-6-5-9-21(19(18)2)27-23(31)16-28-12-14-29(15-13-28)24(32)10-11-30-17-26-22-8-4-3-7-20(22)25(30)33/h3-9,17H,10-16H2,1-2H3,(H,27,31). The number of piperazine rings is 1. The van der Waals surface area contributed by atoms with Crippen molar-refractivity contribution < 1.29 is 9.59 Å². The second kappa shape index (κ2) is 9.95. The van der Waals surface area contributed by atoms with E-state index in [4.69, 9.17) is 0 Å². The minimum Gasteiger partial charge on any atom is -0.340 e. The molecular formula is C25H29N5O3. The summed E-state index contributed by atoms with van der Waals surface area (Å²) in [5.41, 5.74) is 3.58. The van der Waals surface area contributed by atoms with Crippen molar-refractivity contribution in [1.82, 2.24) is 19.4 Å². The van der Waals surface area contributed by atoms with Gasteiger partial charge in [-0.3, -0.25) is 23.9 Å². The van der Waals surface area contributed by atoms with E-state index in [1.165, 1.54) is 10.9 Å². The molecule has 33 heavy (non-hydrogen) atoms. The summed E-state index contributed by atoms with van der Waals surface area (Å²) >= 11 is 0. The van der Waals surface area contributed by atoms with Gasteiger partial charge >= 0.3 is 0 Å². The molecule has 8 heteroatoms. The quantitative estimate of drug-likeness (QED) is 0.626. The fourth-order valence-electron chi connectivity index (χ4n) is 4.07. The Bertz CT molecular complexity index is 1230. The molecule has 1 fully saturated rings. The molecule has 2 heterocycles. The Morgan fingerprint density at radius 1 is 1.00 bits per heavy atom. The van der Waals surface area contributed by atoms with Gasteiger partial charge < -0.3 is 10.2 Å². The minimum absolute atomic E-state index is 0.00884. The van der Waals surface area contributed by atoms with Crippen LogP contribution in [0.2, 0.25) is 0 Å². The molecule has 4 rings (SSSR count). The summed E-state index contributed by atoms with van der Waals surface area (Å²) in [5, 5.41) is 3.55.